The summed E-state index contributed by atoms with van der Waals surface area (Å²) in [6.45, 7) is 0. The van der Waals surface area contributed by atoms with Crippen LogP contribution in [0.5, 0.6) is 0 Å². The highest BCUT2D eigenvalue weighted by molar-refractivity contribution is 5.69. The summed E-state index contributed by atoms with van der Waals surface area (Å²) in [5, 5.41) is 0. The zero-order valence-electron chi connectivity index (χ0n) is 7.92. The van der Waals surface area contributed by atoms with Crippen LogP contribution in [0.15, 0.2) is 24.5 Å². The highest BCUT2D eigenvalue weighted by Gasteiger charge is 2.17. The van der Waals surface area contributed by atoms with Crippen LogP contribution >= 0.6 is 0 Å². The third-order valence-electron chi connectivity index (χ3n) is 2.02. The summed E-state index contributed by atoms with van der Waals surface area (Å²) in [5.74, 6) is -4.19. The Labute approximate surface area is 88.8 Å². The number of nitrogens with zero attached hydrogens (tertiary/aromatic N) is 2. The fourth-order valence-electron chi connectivity index (χ4n) is 1.27. The molecule has 0 radical (unpaired) electrons. The molecule has 0 unspecified atom stereocenters. The van der Waals surface area contributed by atoms with E-state index in [9.17, 15) is 13.2 Å². The van der Waals surface area contributed by atoms with Crippen LogP contribution in [0, 0.1) is 17.5 Å². The number of nitrogens with two attached hydrogens (primary N) is 1. The Kier molecular flexibility index (Phi) is 2.47. The maximum Gasteiger partial charge on any atom is 0.195 e. The molecule has 2 rings (SSSR count). The van der Waals surface area contributed by atoms with E-state index in [0.29, 0.717) is 0 Å². The number of anilines is 1. The van der Waals surface area contributed by atoms with E-state index in [0.717, 1.165) is 12.1 Å². The summed E-state index contributed by atoms with van der Waals surface area (Å²) in [4.78, 5) is 7.44. The Hall–Kier alpha value is -2.11. The second kappa shape index (κ2) is 3.80. The van der Waals surface area contributed by atoms with Gasteiger partial charge in [-0.05, 0) is 12.1 Å². The van der Waals surface area contributed by atoms with Crippen molar-refractivity contribution < 1.29 is 13.2 Å². The van der Waals surface area contributed by atoms with Crippen LogP contribution in [0.25, 0.3) is 11.3 Å². The van der Waals surface area contributed by atoms with Crippen LogP contribution in [-0.2, 0) is 0 Å². The molecule has 0 amide bonds. The van der Waals surface area contributed by atoms with Gasteiger partial charge in [-0.1, -0.05) is 0 Å². The first-order chi connectivity index (χ1) is 7.61. The lowest BCUT2D eigenvalue weighted by Crippen LogP contribution is -2.00. The Balaban J connectivity index is 2.66. The predicted octanol–water partition coefficient (Wildman–Crippen LogP) is 2.14. The minimum Gasteiger partial charge on any atom is -0.382 e. The molecule has 0 saturated carbocycles. The number of rotatable bonds is 1. The molecule has 0 fully saturated rings. The van der Waals surface area contributed by atoms with Gasteiger partial charge in [0, 0.05) is 18.0 Å². The quantitative estimate of drug-likeness (QED) is 0.756. The van der Waals surface area contributed by atoms with Crippen molar-refractivity contribution in [3.63, 3.8) is 0 Å². The lowest BCUT2D eigenvalue weighted by molar-refractivity contribution is 0.449. The van der Waals surface area contributed by atoms with Gasteiger partial charge in [0.05, 0.1) is 0 Å². The van der Waals surface area contributed by atoms with Crippen molar-refractivity contribution in [3.8, 4) is 11.3 Å². The van der Waals surface area contributed by atoms with Crippen molar-refractivity contribution in [1.29, 1.82) is 0 Å². The van der Waals surface area contributed by atoms with Gasteiger partial charge in [0.15, 0.2) is 17.5 Å². The smallest absolute Gasteiger partial charge is 0.195 e. The molecule has 1 aromatic heterocycles. The van der Waals surface area contributed by atoms with Crippen LogP contribution < -0.4 is 5.73 Å². The molecule has 1 aromatic carbocycles. The minimum atomic E-state index is -1.55. The van der Waals surface area contributed by atoms with Gasteiger partial charge in [-0.3, -0.25) is 4.98 Å². The fourth-order valence-corrected chi connectivity index (χ4v) is 1.27. The molecule has 1 heterocycles. The Morgan fingerprint density at radius 2 is 1.62 bits per heavy atom. The topological polar surface area (TPSA) is 51.8 Å². The van der Waals surface area contributed by atoms with Crippen molar-refractivity contribution in [2.75, 3.05) is 5.73 Å². The first-order valence-corrected chi connectivity index (χ1v) is 4.31. The number of hydrogen-bond acceptors (Lipinski definition) is 3. The first-order valence-electron chi connectivity index (χ1n) is 4.31. The largest absolute Gasteiger partial charge is 0.382 e. The van der Waals surface area contributed by atoms with Crippen molar-refractivity contribution in [2.24, 2.45) is 0 Å². The molecular weight excluding hydrogens is 219 g/mol. The summed E-state index contributed by atoms with van der Waals surface area (Å²) < 4.78 is 39.1. The lowest BCUT2D eigenvalue weighted by atomic mass is 10.1. The second-order valence-electron chi connectivity index (χ2n) is 3.01. The highest BCUT2D eigenvalue weighted by atomic mass is 19.2. The van der Waals surface area contributed by atoms with E-state index in [1.807, 2.05) is 0 Å². The Bertz CT molecular complexity index is 543. The molecule has 0 atom stereocenters. The molecule has 0 aliphatic rings. The Morgan fingerprint density at radius 1 is 0.938 bits per heavy atom. The van der Waals surface area contributed by atoms with E-state index in [4.69, 9.17) is 5.73 Å². The molecule has 2 aromatic rings. The van der Waals surface area contributed by atoms with Gasteiger partial charge in [-0.25, -0.2) is 18.2 Å². The molecule has 6 heteroatoms. The van der Waals surface area contributed by atoms with Crippen LogP contribution in [-0.4, -0.2) is 9.97 Å². The summed E-state index contributed by atoms with van der Waals surface area (Å²) in [7, 11) is 0. The normalized spacial score (nSPS) is 10.4. The monoisotopic (exact) mass is 225 g/mol. The summed E-state index contributed by atoms with van der Waals surface area (Å²) in [5.41, 5.74) is 5.22. The first kappa shape index (κ1) is 10.4. The van der Waals surface area contributed by atoms with Crippen LogP contribution in [0.3, 0.4) is 0 Å². The number of hydrogen-bond donors (Lipinski definition) is 1. The Morgan fingerprint density at radius 3 is 2.31 bits per heavy atom. The second-order valence-corrected chi connectivity index (χ2v) is 3.01. The van der Waals surface area contributed by atoms with Gasteiger partial charge in [-0.15, -0.1) is 0 Å². The van der Waals surface area contributed by atoms with Crippen LogP contribution in [0.2, 0.25) is 0 Å². The summed E-state index contributed by atoms with van der Waals surface area (Å²) in [6, 6.07) is 1.87. The molecule has 82 valence electrons. The van der Waals surface area contributed by atoms with Gasteiger partial charge in [-0.2, -0.15) is 0 Å². The van der Waals surface area contributed by atoms with Crippen LogP contribution in [0.4, 0.5) is 19.0 Å². The van der Waals surface area contributed by atoms with Gasteiger partial charge in [0.25, 0.3) is 0 Å². The average Bonchev–Trinajstić information content (AvgIpc) is 2.28. The van der Waals surface area contributed by atoms with Crippen molar-refractivity contribution in [1.82, 2.24) is 9.97 Å². The molecule has 0 aliphatic carbocycles. The van der Waals surface area contributed by atoms with Crippen molar-refractivity contribution >= 4 is 5.82 Å². The third kappa shape index (κ3) is 1.58. The molecular formula is C10H6F3N3. The average molecular weight is 225 g/mol. The number of benzene rings is 1. The summed E-state index contributed by atoms with van der Waals surface area (Å²) >= 11 is 0. The van der Waals surface area contributed by atoms with E-state index < -0.39 is 17.5 Å². The standard InChI is InChI=1S/C10H6F3N3/c11-6-2-1-5(7(12)8(6)13)9-10(14)16-4-3-15-9/h1-4H,(H2,14,16). The van der Waals surface area contributed by atoms with E-state index in [1.165, 1.54) is 12.4 Å². The maximum atomic E-state index is 13.4. The lowest BCUT2D eigenvalue weighted by Gasteiger charge is -2.05. The van der Waals surface area contributed by atoms with Gasteiger partial charge < -0.3 is 5.73 Å². The van der Waals surface area contributed by atoms with Gasteiger partial charge in [0.2, 0.25) is 0 Å². The minimum absolute atomic E-state index is 0.0149. The molecule has 0 aliphatic heterocycles. The number of nitrogen functional groups attached to an aromatic ring is 1. The zero-order valence-corrected chi connectivity index (χ0v) is 7.92. The van der Waals surface area contributed by atoms with Crippen molar-refractivity contribution in [3.05, 3.63) is 42.0 Å². The fraction of sp³-hybridized carbons (Fsp3) is 0. The van der Waals surface area contributed by atoms with E-state index in [2.05, 4.69) is 9.97 Å². The van der Waals surface area contributed by atoms with Gasteiger partial charge in [0.1, 0.15) is 11.5 Å². The highest BCUT2D eigenvalue weighted by Crippen LogP contribution is 2.26. The van der Waals surface area contributed by atoms with Gasteiger partial charge >= 0.3 is 0 Å². The maximum absolute atomic E-state index is 13.4. The van der Waals surface area contributed by atoms with Crippen LogP contribution in [0.1, 0.15) is 0 Å². The number of aromatic nitrogens is 2. The number of halogens is 3. The molecule has 0 bridgehead atoms. The van der Waals surface area contributed by atoms with E-state index in [-0.39, 0.29) is 17.1 Å². The van der Waals surface area contributed by atoms with E-state index in [1.54, 1.807) is 0 Å². The molecule has 3 nitrogen and oxygen atoms in total. The zero-order chi connectivity index (χ0) is 11.7. The molecule has 16 heavy (non-hydrogen) atoms. The molecule has 2 N–H and O–H groups in total. The summed E-state index contributed by atoms with van der Waals surface area (Å²) in [6.07, 6.45) is 2.60. The predicted molar refractivity (Wildman–Crippen MR) is 51.8 cm³/mol. The third-order valence-corrected chi connectivity index (χ3v) is 2.02. The van der Waals surface area contributed by atoms with E-state index >= 15 is 0 Å². The molecule has 0 saturated heterocycles. The SMILES string of the molecule is Nc1nccnc1-c1ccc(F)c(F)c1F. The van der Waals surface area contributed by atoms with Crippen molar-refractivity contribution in [2.45, 2.75) is 0 Å². The molecule has 0 spiro atoms.